The predicted octanol–water partition coefficient (Wildman–Crippen LogP) is 1.61. The van der Waals surface area contributed by atoms with Crippen LogP contribution in [-0.4, -0.2) is 31.7 Å². The molecule has 2 heterocycles. The van der Waals surface area contributed by atoms with Gasteiger partial charge in [0.05, 0.1) is 17.6 Å². The molecule has 0 saturated heterocycles. The van der Waals surface area contributed by atoms with Gasteiger partial charge in [-0.15, -0.1) is 11.3 Å². The average molecular weight is 322 g/mol. The van der Waals surface area contributed by atoms with Gasteiger partial charge in [-0.1, -0.05) is 0 Å². The van der Waals surface area contributed by atoms with Crippen molar-refractivity contribution in [3.8, 4) is 0 Å². The van der Waals surface area contributed by atoms with E-state index in [9.17, 15) is 19.5 Å². The van der Waals surface area contributed by atoms with E-state index in [-0.39, 0.29) is 5.39 Å². The summed E-state index contributed by atoms with van der Waals surface area (Å²) < 4.78 is 1.05. The van der Waals surface area contributed by atoms with Crippen LogP contribution in [0, 0.1) is 0 Å². The maximum Gasteiger partial charge on any atom is 0.326 e. The highest BCUT2D eigenvalue weighted by atomic mass is 32.1. The van der Waals surface area contributed by atoms with Crippen molar-refractivity contribution in [3.63, 3.8) is 0 Å². The van der Waals surface area contributed by atoms with Crippen LogP contribution in [0.3, 0.4) is 0 Å². The van der Waals surface area contributed by atoms with Crippen molar-refractivity contribution in [2.24, 2.45) is 0 Å². The summed E-state index contributed by atoms with van der Waals surface area (Å²) in [6, 6.07) is -1.05. The van der Waals surface area contributed by atoms with Crippen molar-refractivity contribution in [2.75, 3.05) is 0 Å². The summed E-state index contributed by atoms with van der Waals surface area (Å²) in [7, 11) is 0. The van der Waals surface area contributed by atoms with E-state index in [4.69, 9.17) is 5.11 Å². The number of carboxylic acids is 2. The summed E-state index contributed by atoms with van der Waals surface area (Å²) in [5.41, 5.74) is 0.0498. The van der Waals surface area contributed by atoms with Crippen LogP contribution in [-0.2, 0) is 16.0 Å². The van der Waals surface area contributed by atoms with E-state index in [1.165, 1.54) is 24.6 Å². The molecule has 3 rings (SSSR count). The Morgan fingerprint density at radius 1 is 1.45 bits per heavy atom. The quantitative estimate of drug-likeness (QED) is 0.888. The molecule has 1 aliphatic carbocycles. The van der Waals surface area contributed by atoms with Gasteiger partial charge in [0.2, 0.25) is 0 Å². The van der Waals surface area contributed by atoms with Crippen molar-refractivity contribution in [2.45, 2.75) is 38.1 Å². The summed E-state index contributed by atoms with van der Waals surface area (Å²) in [5, 5.41) is 18.8. The Balaban J connectivity index is 2.30. The van der Waals surface area contributed by atoms with Gasteiger partial charge in [-0.05, 0) is 31.7 Å². The third kappa shape index (κ3) is 2.10. The Morgan fingerprint density at radius 2 is 2.18 bits per heavy atom. The number of carboxylic acid groups (broad SMARTS) is 2. The van der Waals surface area contributed by atoms with Crippen molar-refractivity contribution in [3.05, 3.63) is 27.1 Å². The second kappa shape index (κ2) is 5.20. The molecule has 0 spiro atoms. The second-order valence-corrected chi connectivity index (χ2v) is 6.46. The lowest BCUT2D eigenvalue weighted by atomic mass is 9.86. The van der Waals surface area contributed by atoms with Crippen LogP contribution in [0.15, 0.2) is 11.1 Å². The van der Waals surface area contributed by atoms with E-state index in [1.807, 2.05) is 0 Å². The van der Waals surface area contributed by atoms with Gasteiger partial charge in [0.25, 0.3) is 5.56 Å². The molecule has 2 aromatic heterocycles. The van der Waals surface area contributed by atoms with Crippen LogP contribution < -0.4 is 5.56 Å². The Kier molecular flexibility index (Phi) is 3.48. The average Bonchev–Trinajstić information content (AvgIpc) is 2.85. The van der Waals surface area contributed by atoms with Crippen LogP contribution >= 0.6 is 11.3 Å². The molecule has 22 heavy (non-hydrogen) atoms. The zero-order valence-electron chi connectivity index (χ0n) is 11.8. The molecular formula is C14H14N2O5S. The van der Waals surface area contributed by atoms with Gasteiger partial charge in [0.15, 0.2) is 0 Å². The Hall–Kier alpha value is -2.22. The van der Waals surface area contributed by atoms with E-state index in [0.29, 0.717) is 16.8 Å². The Bertz CT molecular complexity index is 838. The van der Waals surface area contributed by atoms with E-state index in [1.54, 1.807) is 0 Å². The molecule has 0 radical (unpaired) electrons. The van der Waals surface area contributed by atoms with Crippen molar-refractivity contribution in [1.29, 1.82) is 0 Å². The molecule has 8 heteroatoms. The first kappa shape index (κ1) is 14.7. The Morgan fingerprint density at radius 3 is 2.82 bits per heavy atom. The zero-order chi connectivity index (χ0) is 16.0. The van der Waals surface area contributed by atoms with E-state index in [0.717, 1.165) is 22.3 Å². The van der Waals surface area contributed by atoms with E-state index < -0.39 is 29.5 Å². The molecule has 0 aliphatic heterocycles. The molecule has 2 atom stereocenters. The third-order valence-electron chi connectivity index (χ3n) is 4.07. The second-order valence-electron chi connectivity index (χ2n) is 5.37. The fraction of sp³-hybridized carbons (Fsp3) is 0.429. The molecular weight excluding hydrogens is 308 g/mol. The van der Waals surface area contributed by atoms with Gasteiger partial charge < -0.3 is 10.2 Å². The molecule has 0 bridgehead atoms. The first-order chi connectivity index (χ1) is 10.4. The number of aryl methyl sites for hydroxylation is 1. The van der Waals surface area contributed by atoms with Crippen LogP contribution in [0.1, 0.15) is 42.2 Å². The molecule has 1 aliphatic rings. The minimum absolute atomic E-state index is 0.266. The Labute approximate surface area is 128 Å². The number of rotatable bonds is 3. The lowest BCUT2D eigenvalue weighted by molar-refractivity contribution is -0.141. The lowest BCUT2D eigenvalue weighted by Gasteiger charge is -2.19. The standard InChI is InChI=1S/C14H14N2O5S/c1-6(13(18)19)16-5-15-11-10(12(16)17)9-7(14(20)21)3-2-4-8(9)22-11/h5-7H,2-4H2,1H3,(H,18,19)(H,20,21). The highest BCUT2D eigenvalue weighted by Gasteiger charge is 2.32. The number of nitrogens with zero attached hydrogens (tertiary/aromatic N) is 2. The first-order valence-corrected chi connectivity index (χ1v) is 7.71. The maximum atomic E-state index is 12.6. The SMILES string of the molecule is CC(C(=O)O)n1cnc2sc3c(c2c1=O)C(C(=O)O)CCC3. The van der Waals surface area contributed by atoms with Gasteiger partial charge in [-0.2, -0.15) is 0 Å². The minimum Gasteiger partial charge on any atom is -0.481 e. The van der Waals surface area contributed by atoms with Crippen molar-refractivity contribution in [1.82, 2.24) is 9.55 Å². The molecule has 116 valence electrons. The topological polar surface area (TPSA) is 109 Å². The number of aromatic nitrogens is 2. The van der Waals surface area contributed by atoms with Gasteiger partial charge in [-0.3, -0.25) is 14.2 Å². The summed E-state index contributed by atoms with van der Waals surface area (Å²) >= 11 is 1.33. The van der Waals surface area contributed by atoms with E-state index in [2.05, 4.69) is 4.98 Å². The van der Waals surface area contributed by atoms with Crippen LogP contribution in [0.25, 0.3) is 10.2 Å². The zero-order valence-corrected chi connectivity index (χ0v) is 12.6. The van der Waals surface area contributed by atoms with Crippen LogP contribution in [0.4, 0.5) is 0 Å². The van der Waals surface area contributed by atoms with Gasteiger partial charge in [0.1, 0.15) is 10.9 Å². The van der Waals surface area contributed by atoms with Crippen LogP contribution in [0.5, 0.6) is 0 Å². The number of hydrogen-bond acceptors (Lipinski definition) is 5. The van der Waals surface area contributed by atoms with Gasteiger partial charge >= 0.3 is 11.9 Å². The molecule has 0 aromatic carbocycles. The van der Waals surface area contributed by atoms with Crippen LogP contribution in [0.2, 0.25) is 0 Å². The number of thiophene rings is 1. The highest BCUT2D eigenvalue weighted by molar-refractivity contribution is 7.18. The summed E-state index contributed by atoms with van der Waals surface area (Å²) in [6.45, 7) is 1.39. The third-order valence-corrected chi connectivity index (χ3v) is 5.24. The number of aliphatic carboxylic acids is 2. The molecule has 2 N–H and O–H groups in total. The minimum atomic E-state index is -1.14. The van der Waals surface area contributed by atoms with E-state index >= 15 is 0 Å². The monoisotopic (exact) mass is 322 g/mol. The maximum absolute atomic E-state index is 12.6. The number of fused-ring (bicyclic) bond motifs is 3. The predicted molar refractivity (Wildman–Crippen MR) is 79.5 cm³/mol. The number of carbonyl (C=O) groups is 2. The molecule has 2 aromatic rings. The summed E-state index contributed by atoms with van der Waals surface area (Å²) in [6.07, 6.45) is 3.20. The molecule has 7 nitrogen and oxygen atoms in total. The smallest absolute Gasteiger partial charge is 0.326 e. The van der Waals surface area contributed by atoms with Crippen molar-refractivity contribution >= 4 is 33.5 Å². The lowest BCUT2D eigenvalue weighted by Crippen LogP contribution is -2.29. The largest absolute Gasteiger partial charge is 0.481 e. The molecule has 2 unspecified atom stereocenters. The molecule has 0 fully saturated rings. The normalized spacial score (nSPS) is 18.9. The highest BCUT2D eigenvalue weighted by Crippen LogP contribution is 2.40. The fourth-order valence-electron chi connectivity index (χ4n) is 2.88. The molecule has 0 amide bonds. The summed E-state index contributed by atoms with van der Waals surface area (Å²) in [4.78, 5) is 40.8. The molecule has 0 saturated carbocycles. The first-order valence-electron chi connectivity index (χ1n) is 6.89. The fourth-order valence-corrected chi connectivity index (χ4v) is 4.11. The summed E-state index contributed by atoms with van der Waals surface area (Å²) in [5.74, 6) is -2.81. The van der Waals surface area contributed by atoms with Gasteiger partial charge in [0, 0.05) is 4.88 Å². The number of hydrogen-bond donors (Lipinski definition) is 2. The van der Waals surface area contributed by atoms with Crippen molar-refractivity contribution < 1.29 is 19.8 Å². The van der Waals surface area contributed by atoms with Gasteiger partial charge in [-0.25, -0.2) is 9.78 Å².